The molecule has 1 saturated heterocycles. The molecule has 0 aromatic carbocycles. The third kappa shape index (κ3) is 2.18. The standard InChI is InChI=1S/C15H17FN6/c16-7-13(21-5-1-2-6-21)22-9-11(8-20-22)14-12-3-4-17-15(12)19-10-18-14/h3-4,8-10,13H,1-2,5-7H2,(H,17,18,19)/t13-/m1/s1. The van der Waals surface area contributed by atoms with E-state index in [0.717, 1.165) is 48.2 Å². The molecule has 0 aliphatic carbocycles. The van der Waals surface area contributed by atoms with Crippen molar-refractivity contribution in [2.75, 3.05) is 19.8 Å². The smallest absolute Gasteiger partial charge is 0.141 e. The number of aromatic amines is 1. The summed E-state index contributed by atoms with van der Waals surface area (Å²) in [6.45, 7) is 1.42. The van der Waals surface area contributed by atoms with Crippen LogP contribution in [0.4, 0.5) is 4.39 Å². The van der Waals surface area contributed by atoms with Crippen LogP contribution < -0.4 is 0 Å². The Balaban J connectivity index is 1.70. The molecule has 3 aromatic rings. The van der Waals surface area contributed by atoms with Gasteiger partial charge in [-0.05, 0) is 18.9 Å². The summed E-state index contributed by atoms with van der Waals surface area (Å²) in [6.07, 6.45) is 8.91. The maximum atomic E-state index is 13.5. The lowest BCUT2D eigenvalue weighted by atomic mass is 10.2. The van der Waals surface area contributed by atoms with Crippen LogP contribution in [0.2, 0.25) is 0 Å². The number of aromatic nitrogens is 5. The fourth-order valence-electron chi connectivity index (χ4n) is 3.10. The van der Waals surface area contributed by atoms with Gasteiger partial charge in [-0.3, -0.25) is 9.58 Å². The second kappa shape index (κ2) is 5.49. The van der Waals surface area contributed by atoms with E-state index in [1.807, 2.05) is 18.5 Å². The minimum absolute atomic E-state index is 0.320. The van der Waals surface area contributed by atoms with Crippen LogP contribution in [0.15, 0.2) is 31.0 Å². The third-order valence-electron chi connectivity index (χ3n) is 4.23. The first-order valence-corrected chi connectivity index (χ1v) is 7.49. The molecule has 0 amide bonds. The number of nitrogens with one attached hydrogen (secondary N) is 1. The lowest BCUT2D eigenvalue weighted by Gasteiger charge is -2.24. The molecule has 4 heterocycles. The second-order valence-corrected chi connectivity index (χ2v) is 5.55. The molecule has 6 nitrogen and oxygen atoms in total. The van der Waals surface area contributed by atoms with Crippen LogP contribution in [0, 0.1) is 0 Å². The molecule has 0 spiro atoms. The molecular weight excluding hydrogens is 283 g/mol. The summed E-state index contributed by atoms with van der Waals surface area (Å²) in [7, 11) is 0. The van der Waals surface area contributed by atoms with E-state index in [2.05, 4.69) is 25.0 Å². The summed E-state index contributed by atoms with van der Waals surface area (Å²) in [5, 5.41) is 5.31. The van der Waals surface area contributed by atoms with E-state index in [0.29, 0.717) is 0 Å². The number of rotatable bonds is 4. The maximum Gasteiger partial charge on any atom is 0.141 e. The van der Waals surface area contributed by atoms with Crippen LogP contribution in [0.3, 0.4) is 0 Å². The van der Waals surface area contributed by atoms with Gasteiger partial charge in [0.1, 0.15) is 24.8 Å². The van der Waals surface area contributed by atoms with Crippen molar-refractivity contribution in [3.63, 3.8) is 0 Å². The van der Waals surface area contributed by atoms with Gasteiger partial charge in [-0.25, -0.2) is 14.4 Å². The van der Waals surface area contributed by atoms with Gasteiger partial charge in [0.25, 0.3) is 0 Å². The Morgan fingerprint density at radius 3 is 2.95 bits per heavy atom. The monoisotopic (exact) mass is 300 g/mol. The van der Waals surface area contributed by atoms with Crippen molar-refractivity contribution >= 4 is 11.0 Å². The zero-order chi connectivity index (χ0) is 14.9. The van der Waals surface area contributed by atoms with Crippen molar-refractivity contribution in [3.05, 3.63) is 31.0 Å². The minimum Gasteiger partial charge on any atom is -0.346 e. The SMILES string of the molecule is FC[C@H](N1CCCC1)n1cc(-c2ncnc3[nH]ccc23)cn1. The van der Waals surface area contributed by atoms with E-state index >= 15 is 0 Å². The van der Waals surface area contributed by atoms with Crippen LogP contribution in [0.25, 0.3) is 22.3 Å². The van der Waals surface area contributed by atoms with Crippen molar-refractivity contribution in [2.45, 2.75) is 19.0 Å². The van der Waals surface area contributed by atoms with Crippen molar-refractivity contribution in [3.8, 4) is 11.3 Å². The average molecular weight is 300 g/mol. The van der Waals surface area contributed by atoms with Crippen LogP contribution in [0.5, 0.6) is 0 Å². The fraction of sp³-hybridized carbons (Fsp3) is 0.400. The molecule has 1 fully saturated rings. The Hall–Kier alpha value is -2.28. The molecule has 1 aliphatic heterocycles. The zero-order valence-electron chi connectivity index (χ0n) is 12.1. The van der Waals surface area contributed by atoms with Gasteiger partial charge in [0.05, 0.1) is 11.9 Å². The second-order valence-electron chi connectivity index (χ2n) is 5.55. The first-order valence-electron chi connectivity index (χ1n) is 7.49. The fourth-order valence-corrected chi connectivity index (χ4v) is 3.10. The number of nitrogens with zero attached hydrogens (tertiary/aromatic N) is 5. The summed E-state index contributed by atoms with van der Waals surface area (Å²) >= 11 is 0. The van der Waals surface area contributed by atoms with Crippen molar-refractivity contribution in [2.24, 2.45) is 0 Å². The van der Waals surface area contributed by atoms with E-state index in [9.17, 15) is 4.39 Å². The third-order valence-corrected chi connectivity index (χ3v) is 4.23. The Kier molecular flexibility index (Phi) is 3.34. The highest BCUT2D eigenvalue weighted by molar-refractivity contribution is 5.89. The quantitative estimate of drug-likeness (QED) is 0.803. The van der Waals surface area contributed by atoms with Gasteiger partial charge in [-0.15, -0.1) is 0 Å². The van der Waals surface area contributed by atoms with E-state index in [-0.39, 0.29) is 6.17 Å². The van der Waals surface area contributed by atoms with Crippen LogP contribution in [0.1, 0.15) is 19.0 Å². The first kappa shape index (κ1) is 13.4. The van der Waals surface area contributed by atoms with E-state index < -0.39 is 6.67 Å². The number of fused-ring (bicyclic) bond motifs is 1. The molecule has 4 rings (SSSR count). The Bertz CT molecular complexity index is 773. The summed E-state index contributed by atoms with van der Waals surface area (Å²) in [4.78, 5) is 13.8. The number of alkyl halides is 1. The van der Waals surface area contributed by atoms with E-state index in [1.165, 1.54) is 6.33 Å². The maximum absolute atomic E-state index is 13.5. The molecule has 22 heavy (non-hydrogen) atoms. The Labute approximate surface area is 127 Å². The van der Waals surface area contributed by atoms with Gasteiger partial charge in [0, 0.05) is 36.4 Å². The van der Waals surface area contributed by atoms with Gasteiger partial charge >= 0.3 is 0 Å². The van der Waals surface area contributed by atoms with Crippen LogP contribution >= 0.6 is 0 Å². The van der Waals surface area contributed by atoms with Crippen molar-refractivity contribution in [1.29, 1.82) is 0 Å². The summed E-state index contributed by atoms with van der Waals surface area (Å²) in [5.74, 6) is 0. The number of halogens is 1. The molecule has 1 aliphatic rings. The predicted molar refractivity (Wildman–Crippen MR) is 80.9 cm³/mol. The molecule has 7 heteroatoms. The molecular formula is C15H17FN6. The average Bonchev–Trinajstić information content (AvgIpc) is 3.29. The lowest BCUT2D eigenvalue weighted by Crippen LogP contribution is -2.32. The van der Waals surface area contributed by atoms with E-state index in [1.54, 1.807) is 10.9 Å². The molecule has 1 N–H and O–H groups in total. The minimum atomic E-state index is -0.440. The molecule has 0 saturated carbocycles. The lowest BCUT2D eigenvalue weighted by molar-refractivity contribution is 0.127. The van der Waals surface area contributed by atoms with Gasteiger partial charge in [-0.2, -0.15) is 5.10 Å². The highest BCUT2D eigenvalue weighted by Gasteiger charge is 2.24. The van der Waals surface area contributed by atoms with Gasteiger partial charge in [0.15, 0.2) is 0 Å². The van der Waals surface area contributed by atoms with E-state index in [4.69, 9.17) is 0 Å². The summed E-state index contributed by atoms with van der Waals surface area (Å²) in [5.41, 5.74) is 2.49. The normalized spacial score (nSPS) is 17.3. The van der Waals surface area contributed by atoms with Crippen LogP contribution in [-0.2, 0) is 0 Å². The van der Waals surface area contributed by atoms with Gasteiger partial charge < -0.3 is 4.98 Å². The summed E-state index contributed by atoms with van der Waals surface area (Å²) < 4.78 is 15.2. The number of likely N-dealkylation sites (tertiary alicyclic amines) is 1. The molecule has 1 atom stereocenters. The topological polar surface area (TPSA) is 62.6 Å². The number of H-pyrrole nitrogens is 1. The first-order chi connectivity index (χ1) is 10.9. The van der Waals surface area contributed by atoms with Crippen LogP contribution in [-0.4, -0.2) is 49.4 Å². The van der Waals surface area contributed by atoms with Crippen molar-refractivity contribution < 1.29 is 4.39 Å². The molecule has 0 radical (unpaired) electrons. The van der Waals surface area contributed by atoms with Gasteiger partial charge in [0.2, 0.25) is 0 Å². The Morgan fingerprint density at radius 2 is 2.14 bits per heavy atom. The highest BCUT2D eigenvalue weighted by atomic mass is 19.1. The molecule has 114 valence electrons. The molecule has 0 bridgehead atoms. The van der Waals surface area contributed by atoms with Crippen molar-refractivity contribution in [1.82, 2.24) is 29.6 Å². The zero-order valence-corrected chi connectivity index (χ0v) is 12.1. The molecule has 0 unspecified atom stereocenters. The summed E-state index contributed by atoms with van der Waals surface area (Å²) in [6, 6.07) is 1.94. The largest absolute Gasteiger partial charge is 0.346 e. The number of hydrogen-bond donors (Lipinski definition) is 1. The highest BCUT2D eigenvalue weighted by Crippen LogP contribution is 2.26. The predicted octanol–water partition coefficient (Wildman–Crippen LogP) is 2.39. The molecule has 3 aromatic heterocycles. The Morgan fingerprint density at radius 1 is 1.27 bits per heavy atom. The number of hydrogen-bond acceptors (Lipinski definition) is 4. The van der Waals surface area contributed by atoms with Gasteiger partial charge in [-0.1, -0.05) is 0 Å².